The molecule has 1 saturated carbocycles. The van der Waals surface area contributed by atoms with Crippen LogP contribution in [0.4, 0.5) is 0 Å². The van der Waals surface area contributed by atoms with Gasteiger partial charge in [-0.25, -0.2) is 0 Å². The van der Waals surface area contributed by atoms with Gasteiger partial charge in [0.05, 0.1) is 5.92 Å². The monoisotopic (exact) mass is 236 g/mol. The summed E-state index contributed by atoms with van der Waals surface area (Å²) in [5.41, 5.74) is -1.35. The second-order valence-electron chi connectivity index (χ2n) is 5.39. The number of esters is 1. The molecule has 0 spiro atoms. The van der Waals surface area contributed by atoms with E-state index in [0.717, 1.165) is 6.29 Å². The van der Waals surface area contributed by atoms with E-state index >= 15 is 0 Å². The van der Waals surface area contributed by atoms with Crippen molar-refractivity contribution in [2.75, 3.05) is 0 Å². The summed E-state index contributed by atoms with van der Waals surface area (Å²) in [6.07, 6.45) is 1.98. The average molecular weight is 236 g/mol. The van der Waals surface area contributed by atoms with E-state index in [2.05, 4.69) is 0 Å². The van der Waals surface area contributed by atoms with Gasteiger partial charge in [0.1, 0.15) is 17.8 Å². The molecule has 1 aliphatic heterocycles. The molecule has 0 aromatic heterocycles. The Hall–Kier alpha value is -1.45. The molecular formula is C13H16O4. The lowest BCUT2D eigenvalue weighted by molar-refractivity contribution is -0.161. The van der Waals surface area contributed by atoms with Crippen LogP contribution in [0.5, 0.6) is 0 Å². The Morgan fingerprint density at radius 3 is 2.41 bits per heavy atom. The fourth-order valence-electron chi connectivity index (χ4n) is 3.17. The molecule has 1 saturated heterocycles. The van der Waals surface area contributed by atoms with Crippen LogP contribution in [0.15, 0.2) is 11.6 Å². The Labute approximate surface area is 100 Å². The van der Waals surface area contributed by atoms with Gasteiger partial charge in [0, 0.05) is 5.41 Å². The van der Waals surface area contributed by atoms with Crippen LogP contribution in [0, 0.1) is 16.7 Å². The number of aldehydes is 1. The molecule has 0 aromatic carbocycles. The van der Waals surface area contributed by atoms with E-state index < -0.39 is 22.9 Å². The minimum Gasteiger partial charge on any atom is -0.460 e. The summed E-state index contributed by atoms with van der Waals surface area (Å²) in [7, 11) is 0. The molecule has 2 fully saturated rings. The van der Waals surface area contributed by atoms with Crippen molar-refractivity contribution < 1.29 is 19.1 Å². The van der Waals surface area contributed by atoms with Gasteiger partial charge in [-0.1, -0.05) is 19.9 Å². The maximum absolute atomic E-state index is 12.2. The molecule has 0 N–H and O–H groups in total. The molecule has 0 aromatic rings. The summed E-state index contributed by atoms with van der Waals surface area (Å²) in [5.74, 6) is -0.863. The number of ether oxygens (including phenoxy) is 1. The van der Waals surface area contributed by atoms with E-state index in [1.54, 1.807) is 26.8 Å². The number of Topliss-reactive ketones (excluding diaryl/α,β-unsaturated/α-hetero) is 1. The molecule has 0 amide bonds. The Kier molecular flexibility index (Phi) is 2.32. The highest BCUT2D eigenvalue weighted by Crippen LogP contribution is 2.60. The van der Waals surface area contributed by atoms with Crippen molar-refractivity contribution in [2.45, 2.75) is 33.8 Å². The van der Waals surface area contributed by atoms with E-state index in [4.69, 9.17) is 4.74 Å². The van der Waals surface area contributed by atoms with Crippen LogP contribution >= 0.6 is 0 Å². The quantitative estimate of drug-likeness (QED) is 0.314. The first-order valence-corrected chi connectivity index (χ1v) is 5.69. The van der Waals surface area contributed by atoms with Gasteiger partial charge >= 0.3 is 5.97 Å². The summed E-state index contributed by atoms with van der Waals surface area (Å²) in [6, 6.07) is 0. The largest absolute Gasteiger partial charge is 0.460 e. The number of hydrogen-bond donors (Lipinski definition) is 0. The number of hydrogen-bond acceptors (Lipinski definition) is 4. The highest BCUT2D eigenvalue weighted by molar-refractivity contribution is 6.11. The van der Waals surface area contributed by atoms with Gasteiger partial charge in [0.25, 0.3) is 0 Å². The lowest BCUT2D eigenvalue weighted by Gasteiger charge is -2.28. The number of carbonyl (C=O) groups is 3. The number of rotatable bonds is 2. The highest BCUT2D eigenvalue weighted by atomic mass is 16.6. The number of carbonyl (C=O) groups excluding carboxylic acids is 3. The third-order valence-corrected chi connectivity index (χ3v) is 4.38. The summed E-state index contributed by atoms with van der Waals surface area (Å²) in [4.78, 5) is 34.7. The fraction of sp³-hybridized carbons (Fsp3) is 0.615. The first kappa shape index (κ1) is 12.0. The van der Waals surface area contributed by atoms with E-state index in [9.17, 15) is 14.4 Å². The zero-order chi connectivity index (χ0) is 13.0. The first-order valence-electron chi connectivity index (χ1n) is 5.69. The predicted molar refractivity (Wildman–Crippen MR) is 60.1 cm³/mol. The Morgan fingerprint density at radius 2 is 1.94 bits per heavy atom. The van der Waals surface area contributed by atoms with Crippen LogP contribution in [-0.4, -0.2) is 24.1 Å². The van der Waals surface area contributed by atoms with Crippen LogP contribution in [-0.2, 0) is 19.1 Å². The van der Waals surface area contributed by atoms with Gasteiger partial charge < -0.3 is 4.74 Å². The molecule has 4 heteroatoms. The van der Waals surface area contributed by atoms with E-state index in [-0.39, 0.29) is 11.7 Å². The van der Waals surface area contributed by atoms with E-state index in [1.165, 1.54) is 0 Å². The number of allylic oxidation sites excluding steroid dienone is 1. The highest BCUT2D eigenvalue weighted by Gasteiger charge is 2.73. The molecule has 4 nitrogen and oxygen atoms in total. The second kappa shape index (κ2) is 3.28. The standard InChI is InChI=1S/C13H16O4/c1-7(6-14)5-12(3)10-8(2)9(15)13(12,4)11(16)17-10/h5-6,8,10H,1-4H3/b7-5+/t8-,10-,12+,13-/m0/s1. The molecule has 17 heavy (non-hydrogen) atoms. The van der Waals surface area contributed by atoms with Crippen LogP contribution < -0.4 is 0 Å². The molecule has 0 unspecified atom stereocenters. The van der Waals surface area contributed by atoms with E-state index in [1.807, 2.05) is 6.92 Å². The molecule has 1 heterocycles. The van der Waals surface area contributed by atoms with Crippen molar-refractivity contribution in [2.24, 2.45) is 16.7 Å². The molecular weight excluding hydrogens is 220 g/mol. The number of ketones is 1. The van der Waals surface area contributed by atoms with Gasteiger partial charge in [0.2, 0.25) is 0 Å². The van der Waals surface area contributed by atoms with Crippen molar-refractivity contribution in [1.29, 1.82) is 0 Å². The lowest BCUT2D eigenvalue weighted by atomic mass is 9.68. The van der Waals surface area contributed by atoms with Crippen molar-refractivity contribution >= 4 is 18.0 Å². The zero-order valence-corrected chi connectivity index (χ0v) is 10.4. The summed E-state index contributed by atoms with van der Waals surface area (Å²) in [6.45, 7) is 6.87. The Bertz CT molecular complexity index is 450. The topological polar surface area (TPSA) is 60.4 Å². The molecule has 92 valence electrons. The minimum absolute atomic E-state index is 0.0869. The normalized spacial score (nSPS) is 45.1. The minimum atomic E-state index is -1.15. The van der Waals surface area contributed by atoms with Gasteiger partial charge in [-0.3, -0.25) is 14.4 Å². The summed E-state index contributed by atoms with van der Waals surface area (Å²) >= 11 is 0. The van der Waals surface area contributed by atoms with Gasteiger partial charge in [-0.15, -0.1) is 0 Å². The second-order valence-corrected chi connectivity index (χ2v) is 5.39. The summed E-state index contributed by atoms with van der Waals surface area (Å²) in [5, 5.41) is 0. The number of fused-ring (bicyclic) bond motifs is 2. The van der Waals surface area contributed by atoms with Crippen molar-refractivity contribution in [3.8, 4) is 0 Å². The molecule has 0 radical (unpaired) electrons. The molecule has 4 atom stereocenters. The lowest BCUT2D eigenvalue weighted by Crippen LogP contribution is -2.41. The predicted octanol–water partition coefficient (Wildman–Crippen LogP) is 1.29. The third kappa shape index (κ3) is 1.15. The van der Waals surface area contributed by atoms with Gasteiger partial charge in [0.15, 0.2) is 5.78 Å². The van der Waals surface area contributed by atoms with Gasteiger partial charge in [-0.05, 0) is 19.4 Å². The van der Waals surface area contributed by atoms with Crippen molar-refractivity contribution in [3.63, 3.8) is 0 Å². The zero-order valence-electron chi connectivity index (χ0n) is 10.4. The SMILES string of the molecule is C/C(C=O)=C\[C@]1(C)[C@H]2OC(=O)[C@]1(C)C(=O)[C@@H]2C. The molecule has 2 bridgehead atoms. The van der Waals surface area contributed by atoms with Crippen LogP contribution in [0.25, 0.3) is 0 Å². The molecule has 2 aliphatic rings. The van der Waals surface area contributed by atoms with Gasteiger partial charge in [-0.2, -0.15) is 0 Å². The maximum Gasteiger partial charge on any atom is 0.320 e. The van der Waals surface area contributed by atoms with Crippen LogP contribution in [0.1, 0.15) is 27.7 Å². The Balaban J connectivity index is 2.60. The van der Waals surface area contributed by atoms with Crippen molar-refractivity contribution in [1.82, 2.24) is 0 Å². The first-order chi connectivity index (χ1) is 7.79. The van der Waals surface area contributed by atoms with E-state index in [0.29, 0.717) is 5.57 Å². The maximum atomic E-state index is 12.2. The fourth-order valence-corrected chi connectivity index (χ4v) is 3.17. The summed E-state index contributed by atoms with van der Waals surface area (Å²) < 4.78 is 5.29. The third-order valence-electron chi connectivity index (χ3n) is 4.38. The van der Waals surface area contributed by atoms with Crippen LogP contribution in [0.2, 0.25) is 0 Å². The van der Waals surface area contributed by atoms with Crippen LogP contribution in [0.3, 0.4) is 0 Å². The average Bonchev–Trinajstić information content (AvgIpc) is 2.55. The Morgan fingerprint density at radius 1 is 1.35 bits per heavy atom. The smallest absolute Gasteiger partial charge is 0.320 e. The molecule has 1 aliphatic carbocycles. The van der Waals surface area contributed by atoms with Crippen molar-refractivity contribution in [3.05, 3.63) is 11.6 Å². The molecule has 2 rings (SSSR count).